The van der Waals surface area contributed by atoms with E-state index in [1.807, 2.05) is 30.3 Å². The molecule has 2 aromatic rings. The maximum Gasteiger partial charge on any atom is 0.275 e. The van der Waals surface area contributed by atoms with E-state index in [0.717, 1.165) is 15.6 Å². The van der Waals surface area contributed by atoms with E-state index < -0.39 is 0 Å². The molecule has 0 fully saturated rings. The van der Waals surface area contributed by atoms with Crippen LogP contribution in [0.4, 0.5) is 0 Å². The fraction of sp³-hybridized carbons (Fsp3) is 0.111. The van der Waals surface area contributed by atoms with E-state index in [1.54, 1.807) is 32.4 Å². The SMILES string of the molecule is COc1ccc(/C=C2/N=C(c3cccc(Br)c3)NC2=O)cc1OC. The Kier molecular flexibility index (Phi) is 4.66. The number of nitrogens with zero attached hydrogens (tertiary/aromatic N) is 1. The Balaban J connectivity index is 1.94. The molecule has 1 amide bonds. The van der Waals surface area contributed by atoms with E-state index in [2.05, 4.69) is 26.2 Å². The number of hydrogen-bond acceptors (Lipinski definition) is 4. The van der Waals surface area contributed by atoms with Gasteiger partial charge in [0, 0.05) is 10.0 Å². The molecular formula is C18H15BrN2O3. The third-order valence-corrected chi connectivity index (χ3v) is 4.00. The Labute approximate surface area is 148 Å². The van der Waals surface area contributed by atoms with E-state index in [-0.39, 0.29) is 5.91 Å². The van der Waals surface area contributed by atoms with Gasteiger partial charge >= 0.3 is 0 Å². The lowest BCUT2D eigenvalue weighted by atomic mass is 10.1. The van der Waals surface area contributed by atoms with Crippen molar-refractivity contribution in [2.24, 2.45) is 4.99 Å². The summed E-state index contributed by atoms with van der Waals surface area (Å²) in [6.07, 6.45) is 1.71. The predicted molar refractivity (Wildman–Crippen MR) is 96.3 cm³/mol. The quantitative estimate of drug-likeness (QED) is 0.819. The van der Waals surface area contributed by atoms with Gasteiger partial charge in [-0.1, -0.05) is 34.1 Å². The number of ether oxygens (including phenoxy) is 2. The number of rotatable bonds is 4. The summed E-state index contributed by atoms with van der Waals surface area (Å²) in [6, 6.07) is 13.0. The number of benzene rings is 2. The van der Waals surface area contributed by atoms with E-state index in [0.29, 0.717) is 23.0 Å². The van der Waals surface area contributed by atoms with Gasteiger partial charge in [-0.15, -0.1) is 0 Å². The number of carbonyl (C=O) groups is 1. The van der Waals surface area contributed by atoms with Crippen molar-refractivity contribution in [1.29, 1.82) is 0 Å². The molecule has 0 saturated heterocycles. The monoisotopic (exact) mass is 386 g/mol. The topological polar surface area (TPSA) is 59.9 Å². The van der Waals surface area contributed by atoms with Crippen molar-refractivity contribution in [2.75, 3.05) is 14.2 Å². The van der Waals surface area contributed by atoms with Crippen LogP contribution in [0.3, 0.4) is 0 Å². The van der Waals surface area contributed by atoms with Gasteiger partial charge in [0.25, 0.3) is 5.91 Å². The van der Waals surface area contributed by atoms with Gasteiger partial charge in [0.15, 0.2) is 11.5 Å². The minimum Gasteiger partial charge on any atom is -0.493 e. The Bertz CT molecular complexity index is 859. The summed E-state index contributed by atoms with van der Waals surface area (Å²) in [4.78, 5) is 16.6. The van der Waals surface area contributed by atoms with E-state index in [1.165, 1.54) is 0 Å². The van der Waals surface area contributed by atoms with Crippen molar-refractivity contribution in [3.8, 4) is 11.5 Å². The van der Waals surface area contributed by atoms with Crippen LogP contribution in [0.2, 0.25) is 0 Å². The molecule has 0 aliphatic carbocycles. The summed E-state index contributed by atoms with van der Waals surface area (Å²) in [5, 5.41) is 2.78. The van der Waals surface area contributed by atoms with Crippen LogP contribution in [0.1, 0.15) is 11.1 Å². The van der Waals surface area contributed by atoms with Crippen molar-refractivity contribution in [1.82, 2.24) is 5.32 Å². The van der Waals surface area contributed by atoms with E-state index in [4.69, 9.17) is 9.47 Å². The smallest absolute Gasteiger partial charge is 0.275 e. The fourth-order valence-corrected chi connectivity index (χ4v) is 2.74. The molecule has 1 heterocycles. The molecule has 0 unspecified atom stereocenters. The lowest BCUT2D eigenvalue weighted by molar-refractivity contribution is -0.115. The second-order valence-electron chi connectivity index (χ2n) is 5.07. The second kappa shape index (κ2) is 6.88. The number of halogens is 1. The zero-order valence-electron chi connectivity index (χ0n) is 13.2. The first kappa shape index (κ1) is 16.3. The Morgan fingerprint density at radius 2 is 1.88 bits per heavy atom. The summed E-state index contributed by atoms with van der Waals surface area (Å²) in [7, 11) is 3.15. The van der Waals surface area contributed by atoms with Gasteiger partial charge in [-0.2, -0.15) is 0 Å². The van der Waals surface area contributed by atoms with E-state index >= 15 is 0 Å². The molecule has 1 aliphatic heterocycles. The third-order valence-electron chi connectivity index (χ3n) is 3.51. The van der Waals surface area contributed by atoms with Crippen LogP contribution >= 0.6 is 15.9 Å². The second-order valence-corrected chi connectivity index (χ2v) is 5.98. The zero-order valence-corrected chi connectivity index (χ0v) is 14.8. The molecule has 0 radical (unpaired) electrons. The fourth-order valence-electron chi connectivity index (χ4n) is 2.34. The van der Waals surface area contributed by atoms with E-state index in [9.17, 15) is 4.79 Å². The highest BCUT2D eigenvalue weighted by Gasteiger charge is 2.21. The number of carbonyl (C=O) groups excluding carboxylic acids is 1. The van der Waals surface area contributed by atoms with Gasteiger partial charge < -0.3 is 14.8 Å². The van der Waals surface area contributed by atoms with Crippen molar-refractivity contribution < 1.29 is 14.3 Å². The van der Waals surface area contributed by atoms with Gasteiger partial charge in [0.1, 0.15) is 11.5 Å². The highest BCUT2D eigenvalue weighted by Crippen LogP contribution is 2.29. The van der Waals surface area contributed by atoms with Crippen LogP contribution in [-0.4, -0.2) is 26.0 Å². The molecule has 0 bridgehead atoms. The summed E-state index contributed by atoms with van der Waals surface area (Å²) in [5.41, 5.74) is 1.99. The number of nitrogens with one attached hydrogen (secondary N) is 1. The van der Waals surface area contributed by atoms with Crippen LogP contribution in [0, 0.1) is 0 Å². The lowest BCUT2D eigenvalue weighted by Gasteiger charge is -2.07. The highest BCUT2D eigenvalue weighted by atomic mass is 79.9. The average molecular weight is 387 g/mol. The Morgan fingerprint density at radius 3 is 2.58 bits per heavy atom. The number of hydrogen-bond donors (Lipinski definition) is 1. The third kappa shape index (κ3) is 3.33. The summed E-state index contributed by atoms with van der Waals surface area (Å²) in [5.74, 6) is 1.53. The highest BCUT2D eigenvalue weighted by molar-refractivity contribution is 9.10. The molecule has 0 spiro atoms. The van der Waals surface area contributed by atoms with Crippen molar-refractivity contribution in [3.63, 3.8) is 0 Å². The molecular weight excluding hydrogens is 372 g/mol. The number of amidine groups is 1. The largest absolute Gasteiger partial charge is 0.493 e. The molecule has 5 nitrogen and oxygen atoms in total. The first-order chi connectivity index (χ1) is 11.6. The Morgan fingerprint density at radius 1 is 1.08 bits per heavy atom. The van der Waals surface area contributed by atoms with Gasteiger partial charge in [0.05, 0.1) is 14.2 Å². The van der Waals surface area contributed by atoms with Crippen molar-refractivity contribution >= 4 is 33.7 Å². The molecule has 0 saturated carbocycles. The van der Waals surface area contributed by atoms with Crippen LogP contribution in [0.15, 0.2) is 57.6 Å². The first-order valence-corrected chi connectivity index (χ1v) is 7.99. The first-order valence-electron chi connectivity index (χ1n) is 7.20. The molecule has 24 heavy (non-hydrogen) atoms. The van der Waals surface area contributed by atoms with Crippen molar-refractivity contribution in [3.05, 3.63) is 63.8 Å². The van der Waals surface area contributed by atoms with Crippen LogP contribution in [-0.2, 0) is 4.79 Å². The number of aliphatic imine (C=N–C) groups is 1. The predicted octanol–water partition coefficient (Wildman–Crippen LogP) is 3.38. The number of methoxy groups -OCH3 is 2. The minimum absolute atomic E-state index is 0.236. The maximum atomic E-state index is 12.2. The van der Waals surface area contributed by atoms with Gasteiger partial charge in [0.2, 0.25) is 0 Å². The van der Waals surface area contributed by atoms with Gasteiger partial charge in [-0.05, 0) is 35.9 Å². The molecule has 6 heteroatoms. The molecule has 2 aromatic carbocycles. The Hall–Kier alpha value is -2.60. The van der Waals surface area contributed by atoms with Crippen molar-refractivity contribution in [2.45, 2.75) is 0 Å². The molecule has 1 N–H and O–H groups in total. The average Bonchev–Trinajstić information content (AvgIpc) is 2.95. The lowest BCUT2D eigenvalue weighted by Crippen LogP contribution is -2.24. The molecule has 3 rings (SSSR count). The molecule has 1 aliphatic rings. The minimum atomic E-state index is -0.236. The standard InChI is InChI=1S/C18H15BrN2O3/c1-23-15-7-6-11(9-16(15)24-2)8-14-18(22)21-17(20-14)12-4-3-5-13(19)10-12/h3-10H,1-2H3,(H,20,21,22)/b14-8+. The van der Waals surface area contributed by atoms with Crippen LogP contribution in [0.25, 0.3) is 6.08 Å². The zero-order chi connectivity index (χ0) is 17.1. The van der Waals surface area contributed by atoms with Gasteiger partial charge in [-0.3, -0.25) is 4.79 Å². The number of amides is 1. The van der Waals surface area contributed by atoms with Crippen LogP contribution in [0.5, 0.6) is 11.5 Å². The molecule has 0 atom stereocenters. The normalized spacial score (nSPS) is 15.2. The van der Waals surface area contributed by atoms with Gasteiger partial charge in [-0.25, -0.2) is 4.99 Å². The summed E-state index contributed by atoms with van der Waals surface area (Å²) in [6.45, 7) is 0. The molecule has 122 valence electrons. The summed E-state index contributed by atoms with van der Waals surface area (Å²) >= 11 is 3.41. The van der Waals surface area contributed by atoms with Crippen LogP contribution < -0.4 is 14.8 Å². The summed E-state index contributed by atoms with van der Waals surface area (Å²) < 4.78 is 11.4. The maximum absolute atomic E-state index is 12.2. The molecule has 0 aromatic heterocycles.